The van der Waals surface area contributed by atoms with Crippen LogP contribution < -0.4 is 20.9 Å². The van der Waals surface area contributed by atoms with Gasteiger partial charge in [0.15, 0.2) is 24.3 Å². The average Bonchev–Trinajstić information content (AvgIpc) is 3.60. The van der Waals surface area contributed by atoms with Crippen molar-refractivity contribution in [3.8, 4) is 5.75 Å². The zero-order valence-corrected chi connectivity index (χ0v) is 24.7. The van der Waals surface area contributed by atoms with Crippen LogP contribution >= 0.6 is 7.75 Å². The molecule has 232 valence electrons. The summed E-state index contributed by atoms with van der Waals surface area (Å²) in [5, 5.41) is 4.32. The second-order valence-corrected chi connectivity index (χ2v) is 12.0. The number of nitrogens with zero attached hydrogens (tertiary/aromatic N) is 1. The number of ether oxygens (including phenoxy) is 4. The van der Waals surface area contributed by atoms with Gasteiger partial charge in [-0.05, 0) is 25.3 Å². The van der Waals surface area contributed by atoms with E-state index in [4.69, 9.17) is 28.0 Å². The molecule has 0 saturated carbocycles. The SMILES string of the molecule is CCC(=O)O[C@@H]1[C@@H](COP(=O)(N[C@@H](C)C2OCCO2)Oc2cccc3ccccc23)O[C@@H](n2ccc(=O)[nH]c2=O)[C@]1(C)F. The van der Waals surface area contributed by atoms with Crippen LogP contribution in [0.1, 0.15) is 33.4 Å². The van der Waals surface area contributed by atoms with E-state index in [1.54, 1.807) is 31.2 Å². The third kappa shape index (κ3) is 6.74. The zero-order chi connectivity index (χ0) is 30.8. The van der Waals surface area contributed by atoms with E-state index in [1.807, 2.05) is 23.2 Å². The lowest BCUT2D eigenvalue weighted by Crippen LogP contribution is -2.46. The number of hydrogen-bond acceptors (Lipinski definition) is 10. The summed E-state index contributed by atoms with van der Waals surface area (Å²) in [5.41, 5.74) is -4.08. The molecule has 1 aromatic heterocycles. The van der Waals surface area contributed by atoms with Gasteiger partial charge >= 0.3 is 19.4 Å². The van der Waals surface area contributed by atoms with Crippen molar-refractivity contribution in [1.82, 2.24) is 14.6 Å². The zero-order valence-electron chi connectivity index (χ0n) is 23.8. The van der Waals surface area contributed by atoms with Crippen LogP contribution in [0.2, 0.25) is 0 Å². The summed E-state index contributed by atoms with van der Waals surface area (Å²) in [6.07, 6.45) is -4.26. The van der Waals surface area contributed by atoms with Crippen molar-refractivity contribution in [3.05, 3.63) is 75.6 Å². The number of rotatable bonds is 11. The average molecular weight is 622 g/mol. The van der Waals surface area contributed by atoms with E-state index in [1.165, 1.54) is 6.92 Å². The van der Waals surface area contributed by atoms with Crippen LogP contribution in [-0.2, 0) is 32.8 Å². The Morgan fingerprint density at radius 1 is 1.19 bits per heavy atom. The van der Waals surface area contributed by atoms with Crippen LogP contribution in [0.5, 0.6) is 5.75 Å². The minimum Gasteiger partial charge on any atom is -0.456 e. The largest absolute Gasteiger partial charge is 0.459 e. The normalized spacial score (nSPS) is 26.3. The number of hydrogen-bond donors (Lipinski definition) is 2. The fourth-order valence-electron chi connectivity index (χ4n) is 5.01. The smallest absolute Gasteiger partial charge is 0.456 e. The number of fused-ring (bicyclic) bond motifs is 1. The molecule has 2 saturated heterocycles. The highest BCUT2D eigenvalue weighted by Crippen LogP contribution is 2.49. The maximum Gasteiger partial charge on any atom is 0.459 e. The molecule has 3 heterocycles. The molecule has 6 atom stereocenters. The number of H-pyrrole nitrogens is 1. The fourth-order valence-corrected chi connectivity index (χ4v) is 6.57. The Hall–Kier alpha value is -3.39. The molecule has 2 fully saturated rings. The summed E-state index contributed by atoms with van der Waals surface area (Å²) in [5.74, 6) is -0.474. The molecule has 2 aliphatic heterocycles. The summed E-state index contributed by atoms with van der Waals surface area (Å²) >= 11 is 0. The number of aromatic amines is 1. The highest BCUT2D eigenvalue weighted by molar-refractivity contribution is 7.52. The molecule has 0 bridgehead atoms. The van der Waals surface area contributed by atoms with E-state index in [2.05, 4.69) is 5.09 Å². The molecule has 15 heteroatoms. The number of aromatic nitrogens is 2. The first-order valence-electron chi connectivity index (χ1n) is 13.8. The Morgan fingerprint density at radius 3 is 2.63 bits per heavy atom. The third-order valence-electron chi connectivity index (χ3n) is 7.13. The third-order valence-corrected chi connectivity index (χ3v) is 8.78. The minimum atomic E-state index is -4.29. The lowest BCUT2D eigenvalue weighted by Gasteiger charge is -2.29. The molecular weight excluding hydrogens is 588 g/mol. The molecule has 2 N–H and O–H groups in total. The van der Waals surface area contributed by atoms with Crippen molar-refractivity contribution in [3.63, 3.8) is 0 Å². The Bertz CT molecular complexity index is 1620. The molecule has 0 spiro atoms. The van der Waals surface area contributed by atoms with Gasteiger partial charge in [0.05, 0.1) is 25.9 Å². The number of alkyl halides is 1. The van der Waals surface area contributed by atoms with Gasteiger partial charge in [-0.1, -0.05) is 43.3 Å². The maximum atomic E-state index is 16.4. The number of nitrogens with one attached hydrogen (secondary N) is 2. The highest BCUT2D eigenvalue weighted by Gasteiger charge is 2.58. The van der Waals surface area contributed by atoms with Crippen LogP contribution in [0.15, 0.2) is 64.3 Å². The van der Waals surface area contributed by atoms with E-state index in [0.29, 0.717) is 18.6 Å². The number of esters is 1. The Morgan fingerprint density at radius 2 is 1.91 bits per heavy atom. The fraction of sp³-hybridized carbons (Fsp3) is 0.464. The monoisotopic (exact) mass is 621 g/mol. The van der Waals surface area contributed by atoms with Crippen molar-refractivity contribution in [2.24, 2.45) is 0 Å². The lowest BCUT2D eigenvalue weighted by atomic mass is 9.98. The van der Waals surface area contributed by atoms with Crippen molar-refractivity contribution >= 4 is 24.5 Å². The standard InChI is InChI=1S/C28H33FN3O10P/c1-4-23(34)41-24-21(40-26(28(24,3)29)32-13-12-22(33)30-27(32)35)16-39-43(36,31-17(2)25-37-14-15-38-25)42-20-11-7-9-18-8-5-6-10-19(18)20/h5-13,17,21,24-26H,4,14-16H2,1-3H3,(H,31,36)(H,30,33,35)/t17-,21+,24+,26+,28+,43?/m0/s1. The lowest BCUT2D eigenvalue weighted by molar-refractivity contribution is -0.157. The molecule has 3 aromatic rings. The summed E-state index contributed by atoms with van der Waals surface area (Å²) in [7, 11) is -4.29. The van der Waals surface area contributed by atoms with Gasteiger partial charge in [-0.25, -0.2) is 18.8 Å². The molecule has 0 radical (unpaired) electrons. The minimum absolute atomic E-state index is 0.0629. The first-order chi connectivity index (χ1) is 20.5. The quantitative estimate of drug-likeness (QED) is 0.239. The van der Waals surface area contributed by atoms with E-state index in [0.717, 1.165) is 29.1 Å². The van der Waals surface area contributed by atoms with E-state index in [9.17, 15) is 18.9 Å². The number of carbonyl (C=O) groups is 1. The predicted octanol–water partition coefficient (Wildman–Crippen LogP) is 3.19. The summed E-state index contributed by atoms with van der Waals surface area (Å²) in [6.45, 7) is 4.44. The molecule has 5 rings (SSSR count). The molecule has 0 amide bonds. The molecule has 2 aromatic carbocycles. The van der Waals surface area contributed by atoms with Crippen LogP contribution in [0.25, 0.3) is 10.8 Å². The molecule has 43 heavy (non-hydrogen) atoms. The Labute approximate surface area is 245 Å². The van der Waals surface area contributed by atoms with Crippen molar-refractivity contribution < 1.29 is 41.7 Å². The van der Waals surface area contributed by atoms with Gasteiger partial charge in [0.25, 0.3) is 5.56 Å². The van der Waals surface area contributed by atoms with Crippen LogP contribution in [0, 0.1) is 0 Å². The van der Waals surface area contributed by atoms with E-state index in [-0.39, 0.29) is 12.2 Å². The predicted molar refractivity (Wildman–Crippen MR) is 151 cm³/mol. The van der Waals surface area contributed by atoms with E-state index < -0.39 is 68.0 Å². The van der Waals surface area contributed by atoms with Gasteiger partial charge in [-0.15, -0.1) is 0 Å². The molecule has 13 nitrogen and oxygen atoms in total. The van der Waals surface area contributed by atoms with Gasteiger partial charge in [-0.3, -0.25) is 23.7 Å². The Balaban J connectivity index is 1.45. The summed E-state index contributed by atoms with van der Waals surface area (Å²) in [4.78, 5) is 38.4. The van der Waals surface area contributed by atoms with Crippen LogP contribution in [-0.4, -0.2) is 65.5 Å². The van der Waals surface area contributed by atoms with Crippen molar-refractivity contribution in [2.75, 3.05) is 19.8 Å². The summed E-state index contributed by atoms with van der Waals surface area (Å²) in [6, 6.07) is 12.9. The number of halogens is 1. The van der Waals surface area contributed by atoms with Gasteiger partial charge in [-0.2, -0.15) is 0 Å². The van der Waals surface area contributed by atoms with Gasteiger partial charge in [0, 0.05) is 24.1 Å². The van der Waals surface area contributed by atoms with Crippen molar-refractivity contribution in [1.29, 1.82) is 0 Å². The highest BCUT2D eigenvalue weighted by atomic mass is 31.2. The Kier molecular flexibility index (Phi) is 9.16. The maximum absolute atomic E-state index is 16.4. The molecular formula is C28H33FN3O10P. The van der Waals surface area contributed by atoms with Crippen molar-refractivity contribution in [2.45, 2.75) is 63.6 Å². The van der Waals surface area contributed by atoms with Crippen LogP contribution in [0.4, 0.5) is 4.39 Å². The van der Waals surface area contributed by atoms with Gasteiger partial charge in [0.2, 0.25) is 0 Å². The van der Waals surface area contributed by atoms with Gasteiger partial charge < -0.3 is 23.5 Å². The second-order valence-electron chi connectivity index (χ2n) is 10.3. The first kappa shape index (κ1) is 31.0. The first-order valence-corrected chi connectivity index (χ1v) is 15.3. The molecule has 2 aliphatic rings. The number of benzene rings is 2. The van der Waals surface area contributed by atoms with Gasteiger partial charge in [0.1, 0.15) is 11.9 Å². The van der Waals surface area contributed by atoms with E-state index >= 15 is 4.39 Å². The molecule has 0 aliphatic carbocycles. The second kappa shape index (κ2) is 12.7. The number of carbonyl (C=O) groups excluding carboxylic acids is 1. The topological polar surface area (TPSA) is 156 Å². The molecule has 1 unspecified atom stereocenters. The summed E-state index contributed by atoms with van der Waals surface area (Å²) < 4.78 is 65.7. The van der Waals surface area contributed by atoms with Crippen LogP contribution in [0.3, 0.4) is 0 Å².